The van der Waals surface area contributed by atoms with Gasteiger partial charge in [0, 0.05) is 55.0 Å². The molecule has 0 spiro atoms. The van der Waals surface area contributed by atoms with Crippen molar-refractivity contribution < 1.29 is 9.59 Å². The predicted molar refractivity (Wildman–Crippen MR) is 108 cm³/mol. The van der Waals surface area contributed by atoms with Gasteiger partial charge in [0.15, 0.2) is 0 Å². The van der Waals surface area contributed by atoms with E-state index in [-0.39, 0.29) is 17.9 Å². The number of hydrogen-bond donors (Lipinski definition) is 1. The van der Waals surface area contributed by atoms with E-state index in [1.807, 2.05) is 11.8 Å². The number of anilines is 1. The van der Waals surface area contributed by atoms with Crippen LogP contribution in [0.25, 0.3) is 0 Å². The number of carbonyl (C=O) groups is 2. The number of amides is 2. The van der Waals surface area contributed by atoms with Crippen molar-refractivity contribution >= 4 is 40.7 Å². The van der Waals surface area contributed by atoms with Crippen LogP contribution in [0.5, 0.6) is 0 Å². The van der Waals surface area contributed by atoms with Crippen molar-refractivity contribution in [2.24, 2.45) is 0 Å². The average Bonchev–Trinajstić information content (AvgIpc) is 3.15. The van der Waals surface area contributed by atoms with Gasteiger partial charge in [0.25, 0.3) is 0 Å². The molecule has 2 fully saturated rings. The van der Waals surface area contributed by atoms with E-state index in [0.29, 0.717) is 22.3 Å². The van der Waals surface area contributed by atoms with E-state index in [1.165, 1.54) is 0 Å². The van der Waals surface area contributed by atoms with Gasteiger partial charge in [-0.2, -0.15) is 0 Å². The quantitative estimate of drug-likeness (QED) is 0.806. The first-order valence-electron chi connectivity index (χ1n) is 9.43. The van der Waals surface area contributed by atoms with E-state index in [1.54, 1.807) is 18.2 Å². The van der Waals surface area contributed by atoms with Gasteiger partial charge in [-0.1, -0.05) is 23.2 Å². The Bertz CT molecular complexity index is 666. The molecule has 2 saturated heterocycles. The summed E-state index contributed by atoms with van der Waals surface area (Å²) < 4.78 is 0. The summed E-state index contributed by atoms with van der Waals surface area (Å²) in [6.07, 6.45) is 2.23. The Hall–Kier alpha value is -1.34. The largest absolute Gasteiger partial charge is 0.342 e. The summed E-state index contributed by atoms with van der Waals surface area (Å²) in [6, 6.07) is 4.73. The van der Waals surface area contributed by atoms with Crippen molar-refractivity contribution in [1.29, 1.82) is 0 Å². The molecule has 0 aromatic heterocycles. The summed E-state index contributed by atoms with van der Waals surface area (Å²) in [7, 11) is 0. The Morgan fingerprint density at radius 2 is 1.59 bits per heavy atom. The molecule has 2 amide bonds. The van der Waals surface area contributed by atoms with Crippen molar-refractivity contribution in [2.45, 2.75) is 25.8 Å². The van der Waals surface area contributed by atoms with Gasteiger partial charge in [-0.3, -0.25) is 19.4 Å². The second-order valence-electron chi connectivity index (χ2n) is 7.22. The maximum Gasteiger partial charge on any atom is 0.241 e. The van der Waals surface area contributed by atoms with Gasteiger partial charge < -0.3 is 10.2 Å². The van der Waals surface area contributed by atoms with Crippen LogP contribution in [-0.4, -0.2) is 78.4 Å². The Morgan fingerprint density at radius 3 is 2.19 bits per heavy atom. The second kappa shape index (κ2) is 9.24. The van der Waals surface area contributed by atoms with Crippen LogP contribution in [0.1, 0.15) is 19.8 Å². The molecule has 3 rings (SSSR count). The minimum absolute atomic E-state index is 0.0880. The third-order valence-corrected chi connectivity index (χ3v) is 5.72. The summed E-state index contributed by atoms with van der Waals surface area (Å²) in [4.78, 5) is 31.1. The highest BCUT2D eigenvalue weighted by Crippen LogP contribution is 2.23. The number of rotatable bonds is 5. The lowest BCUT2D eigenvalue weighted by Crippen LogP contribution is -2.54. The lowest BCUT2D eigenvalue weighted by molar-refractivity contribution is -0.132. The van der Waals surface area contributed by atoms with Gasteiger partial charge in [0.05, 0.1) is 12.6 Å². The van der Waals surface area contributed by atoms with E-state index in [4.69, 9.17) is 23.2 Å². The summed E-state index contributed by atoms with van der Waals surface area (Å²) in [6.45, 7) is 7.27. The third kappa shape index (κ3) is 5.57. The standard InChI is InChI=1S/C19H26Cl2N4O2/c1-14(19(27)22-17-11-15(20)10-16(21)12-17)24-8-6-23(7-9-24)13-18(26)25-4-2-3-5-25/h10-12,14H,2-9,13H2,1H3,(H,22,27). The number of likely N-dealkylation sites (tertiary alicyclic amines) is 1. The van der Waals surface area contributed by atoms with Crippen molar-refractivity contribution in [2.75, 3.05) is 51.1 Å². The minimum atomic E-state index is -0.265. The summed E-state index contributed by atoms with van der Waals surface area (Å²) >= 11 is 12.0. The van der Waals surface area contributed by atoms with Crippen LogP contribution >= 0.6 is 23.2 Å². The van der Waals surface area contributed by atoms with Crippen LogP contribution in [-0.2, 0) is 9.59 Å². The van der Waals surface area contributed by atoms with Crippen molar-refractivity contribution in [3.63, 3.8) is 0 Å². The molecule has 6 nitrogen and oxygen atoms in total. The SMILES string of the molecule is CC(C(=O)Nc1cc(Cl)cc(Cl)c1)N1CCN(CC(=O)N2CCCC2)CC1. The normalized spacial score (nSPS) is 19.9. The molecular formula is C19H26Cl2N4O2. The number of carbonyl (C=O) groups excluding carboxylic acids is 2. The van der Waals surface area contributed by atoms with Gasteiger partial charge in [0.2, 0.25) is 11.8 Å². The molecule has 27 heavy (non-hydrogen) atoms. The zero-order valence-corrected chi connectivity index (χ0v) is 17.1. The molecule has 1 N–H and O–H groups in total. The topological polar surface area (TPSA) is 55.9 Å². The molecule has 1 aromatic carbocycles. The molecule has 8 heteroatoms. The molecule has 0 saturated carbocycles. The van der Waals surface area contributed by atoms with E-state index in [9.17, 15) is 9.59 Å². The van der Waals surface area contributed by atoms with E-state index >= 15 is 0 Å². The highest BCUT2D eigenvalue weighted by Gasteiger charge is 2.27. The van der Waals surface area contributed by atoms with Crippen LogP contribution in [0.2, 0.25) is 10.0 Å². The van der Waals surface area contributed by atoms with Gasteiger partial charge in [-0.15, -0.1) is 0 Å². The van der Waals surface area contributed by atoms with Gasteiger partial charge in [0.1, 0.15) is 0 Å². The number of halogens is 2. The summed E-state index contributed by atoms with van der Waals surface area (Å²) in [5.74, 6) is 0.138. The van der Waals surface area contributed by atoms with E-state index in [0.717, 1.165) is 52.1 Å². The fourth-order valence-corrected chi connectivity index (χ4v) is 4.13. The van der Waals surface area contributed by atoms with Crippen molar-refractivity contribution in [3.05, 3.63) is 28.2 Å². The van der Waals surface area contributed by atoms with Crippen LogP contribution in [0, 0.1) is 0 Å². The smallest absolute Gasteiger partial charge is 0.241 e. The van der Waals surface area contributed by atoms with Crippen molar-refractivity contribution in [3.8, 4) is 0 Å². The fourth-order valence-electron chi connectivity index (χ4n) is 3.61. The number of piperazine rings is 1. The number of benzene rings is 1. The number of nitrogens with zero attached hydrogens (tertiary/aromatic N) is 3. The molecule has 2 heterocycles. The van der Waals surface area contributed by atoms with Crippen LogP contribution < -0.4 is 5.32 Å². The third-order valence-electron chi connectivity index (χ3n) is 5.28. The molecule has 0 bridgehead atoms. The molecule has 2 aliphatic heterocycles. The maximum absolute atomic E-state index is 12.6. The fraction of sp³-hybridized carbons (Fsp3) is 0.579. The second-order valence-corrected chi connectivity index (χ2v) is 8.10. The molecular weight excluding hydrogens is 387 g/mol. The molecule has 1 unspecified atom stereocenters. The summed E-state index contributed by atoms with van der Waals surface area (Å²) in [5.41, 5.74) is 0.596. The zero-order chi connectivity index (χ0) is 19.4. The van der Waals surface area contributed by atoms with E-state index in [2.05, 4.69) is 15.1 Å². The Balaban J connectivity index is 1.46. The predicted octanol–water partition coefficient (Wildman–Crippen LogP) is 2.56. The van der Waals surface area contributed by atoms with Crippen molar-refractivity contribution in [1.82, 2.24) is 14.7 Å². The highest BCUT2D eigenvalue weighted by molar-refractivity contribution is 6.35. The monoisotopic (exact) mass is 412 g/mol. The summed E-state index contributed by atoms with van der Waals surface area (Å²) in [5, 5.41) is 3.85. The van der Waals surface area contributed by atoms with E-state index < -0.39 is 0 Å². The molecule has 1 aromatic rings. The first kappa shape index (κ1) is 20.4. The molecule has 148 valence electrons. The molecule has 2 aliphatic rings. The Morgan fingerprint density at radius 1 is 1.00 bits per heavy atom. The first-order chi connectivity index (χ1) is 12.9. The lowest BCUT2D eigenvalue weighted by atomic mass is 10.2. The average molecular weight is 413 g/mol. The first-order valence-corrected chi connectivity index (χ1v) is 10.2. The molecule has 0 aliphatic carbocycles. The van der Waals surface area contributed by atoms with Crippen LogP contribution in [0.15, 0.2) is 18.2 Å². The highest BCUT2D eigenvalue weighted by atomic mass is 35.5. The van der Waals surface area contributed by atoms with Crippen LogP contribution in [0.3, 0.4) is 0 Å². The Labute approximate surface area is 170 Å². The van der Waals surface area contributed by atoms with Gasteiger partial charge in [-0.05, 0) is 38.0 Å². The zero-order valence-electron chi connectivity index (χ0n) is 15.6. The van der Waals surface area contributed by atoms with Crippen LogP contribution in [0.4, 0.5) is 5.69 Å². The van der Waals surface area contributed by atoms with Gasteiger partial charge >= 0.3 is 0 Å². The Kier molecular flexibility index (Phi) is 6.98. The maximum atomic E-state index is 12.6. The molecule has 0 radical (unpaired) electrons. The lowest BCUT2D eigenvalue weighted by Gasteiger charge is -2.37. The molecule has 1 atom stereocenters. The number of hydrogen-bond acceptors (Lipinski definition) is 4. The minimum Gasteiger partial charge on any atom is -0.342 e. The van der Waals surface area contributed by atoms with Gasteiger partial charge in [-0.25, -0.2) is 0 Å². The number of nitrogens with one attached hydrogen (secondary N) is 1.